The first kappa shape index (κ1) is 16.4. The summed E-state index contributed by atoms with van der Waals surface area (Å²) in [5.74, 6) is 0.705. The zero-order valence-corrected chi connectivity index (χ0v) is 15.2. The zero-order valence-electron chi connectivity index (χ0n) is 14.4. The number of thiazole rings is 1. The number of hydrogen-bond acceptors (Lipinski definition) is 4. The second-order valence-corrected chi connectivity index (χ2v) is 6.67. The van der Waals surface area contributed by atoms with E-state index in [1.54, 1.807) is 19.1 Å². The third kappa shape index (κ3) is 2.84. The Morgan fingerprint density at radius 1 is 1.15 bits per heavy atom. The normalized spacial score (nSPS) is 10.8. The molecular formula is C20H17N3O2S. The Kier molecular flexibility index (Phi) is 4.18. The fraction of sp³-hybridized carbons (Fsp3) is 0.100. The summed E-state index contributed by atoms with van der Waals surface area (Å²) in [6.07, 6.45) is 1.90. The van der Waals surface area contributed by atoms with Gasteiger partial charge in [-0.15, -0.1) is 11.3 Å². The van der Waals surface area contributed by atoms with E-state index in [2.05, 4.69) is 4.98 Å². The van der Waals surface area contributed by atoms with E-state index in [-0.39, 0.29) is 5.91 Å². The molecule has 4 aromatic rings. The maximum atomic E-state index is 12.9. The van der Waals surface area contributed by atoms with Gasteiger partial charge in [-0.1, -0.05) is 30.3 Å². The molecule has 6 heteroatoms. The number of para-hydroxylation sites is 1. The lowest BCUT2D eigenvalue weighted by molar-refractivity contribution is 0.0987. The van der Waals surface area contributed by atoms with E-state index >= 15 is 0 Å². The average molecular weight is 363 g/mol. The number of nitrogens with zero attached hydrogens (tertiary/aromatic N) is 3. The summed E-state index contributed by atoms with van der Waals surface area (Å²) in [5, 5.41) is 1.85. The molecule has 0 aliphatic carbocycles. The minimum absolute atomic E-state index is 0.0722. The Bertz CT molecular complexity index is 1070. The number of carbonyl (C=O) groups is 1. The number of carbonyl (C=O) groups excluding carboxylic acids is 1. The van der Waals surface area contributed by atoms with Gasteiger partial charge < -0.3 is 9.64 Å². The van der Waals surface area contributed by atoms with Gasteiger partial charge in [0.25, 0.3) is 5.91 Å². The topological polar surface area (TPSA) is 46.8 Å². The van der Waals surface area contributed by atoms with Gasteiger partial charge >= 0.3 is 0 Å². The number of amides is 1. The van der Waals surface area contributed by atoms with Crippen molar-refractivity contribution in [1.82, 2.24) is 9.38 Å². The molecule has 130 valence electrons. The van der Waals surface area contributed by atoms with Gasteiger partial charge in [0, 0.05) is 29.9 Å². The van der Waals surface area contributed by atoms with Crippen LogP contribution in [-0.4, -0.2) is 29.4 Å². The standard InChI is InChI=1S/C20H17N3O2S/c1-22(15-8-4-3-5-9-15)19(24)18-13-26-20-21-17(12-23(18)20)14-7-6-10-16(11-14)25-2/h3-13H,1-2H3. The summed E-state index contributed by atoms with van der Waals surface area (Å²) in [7, 11) is 3.42. The van der Waals surface area contributed by atoms with Crippen LogP contribution >= 0.6 is 11.3 Å². The van der Waals surface area contributed by atoms with Crippen LogP contribution in [0.5, 0.6) is 5.75 Å². The zero-order chi connectivity index (χ0) is 18.1. The molecule has 0 saturated carbocycles. The highest BCUT2D eigenvalue weighted by Gasteiger charge is 2.19. The molecule has 0 saturated heterocycles. The van der Waals surface area contributed by atoms with E-state index in [0.29, 0.717) is 5.69 Å². The molecule has 0 bridgehead atoms. The fourth-order valence-electron chi connectivity index (χ4n) is 2.80. The monoisotopic (exact) mass is 363 g/mol. The molecule has 2 aromatic heterocycles. The molecule has 0 unspecified atom stereocenters. The minimum atomic E-state index is -0.0722. The predicted molar refractivity (Wildman–Crippen MR) is 104 cm³/mol. The second-order valence-electron chi connectivity index (χ2n) is 5.83. The quantitative estimate of drug-likeness (QED) is 0.542. The van der Waals surface area contributed by atoms with Crippen LogP contribution in [0.15, 0.2) is 66.2 Å². The second kappa shape index (κ2) is 6.65. The number of imidazole rings is 1. The smallest absolute Gasteiger partial charge is 0.275 e. The van der Waals surface area contributed by atoms with Crippen LogP contribution in [0.25, 0.3) is 16.2 Å². The summed E-state index contributed by atoms with van der Waals surface area (Å²) >= 11 is 1.45. The molecule has 0 N–H and O–H groups in total. The third-order valence-electron chi connectivity index (χ3n) is 4.24. The number of methoxy groups -OCH3 is 1. The van der Waals surface area contributed by atoms with E-state index < -0.39 is 0 Å². The third-order valence-corrected chi connectivity index (χ3v) is 5.08. The summed E-state index contributed by atoms with van der Waals surface area (Å²) in [4.78, 5) is 20.0. The van der Waals surface area contributed by atoms with Gasteiger partial charge in [-0.05, 0) is 24.3 Å². The molecule has 0 aliphatic rings. The van der Waals surface area contributed by atoms with Crippen molar-refractivity contribution in [3.63, 3.8) is 0 Å². The van der Waals surface area contributed by atoms with Crippen LogP contribution in [-0.2, 0) is 0 Å². The highest BCUT2D eigenvalue weighted by Crippen LogP contribution is 2.27. The van der Waals surface area contributed by atoms with E-state index in [1.807, 2.05) is 70.6 Å². The number of benzene rings is 2. The summed E-state index contributed by atoms with van der Waals surface area (Å²) in [6, 6.07) is 17.3. The van der Waals surface area contributed by atoms with Crippen molar-refractivity contribution in [2.24, 2.45) is 0 Å². The highest BCUT2D eigenvalue weighted by atomic mass is 32.1. The Morgan fingerprint density at radius 3 is 2.73 bits per heavy atom. The first-order valence-corrected chi connectivity index (χ1v) is 8.99. The molecule has 0 radical (unpaired) electrons. The van der Waals surface area contributed by atoms with E-state index in [9.17, 15) is 4.79 Å². The SMILES string of the molecule is COc1cccc(-c2cn3c(C(=O)N(C)c4ccccc4)csc3n2)c1. The minimum Gasteiger partial charge on any atom is -0.497 e. The molecule has 0 atom stereocenters. The number of rotatable bonds is 4. The molecule has 5 nitrogen and oxygen atoms in total. The summed E-state index contributed by atoms with van der Waals surface area (Å²) in [6.45, 7) is 0. The van der Waals surface area contributed by atoms with Crippen LogP contribution in [0, 0.1) is 0 Å². The van der Waals surface area contributed by atoms with Gasteiger partial charge in [0.05, 0.1) is 12.8 Å². The predicted octanol–water partition coefficient (Wildman–Crippen LogP) is 4.35. The van der Waals surface area contributed by atoms with Crippen LogP contribution in [0.3, 0.4) is 0 Å². The van der Waals surface area contributed by atoms with Crippen molar-refractivity contribution < 1.29 is 9.53 Å². The van der Waals surface area contributed by atoms with Gasteiger partial charge in [0.1, 0.15) is 11.4 Å². The molecule has 2 heterocycles. The summed E-state index contributed by atoms with van der Waals surface area (Å²) in [5.41, 5.74) is 3.21. The van der Waals surface area contributed by atoms with E-state index in [1.165, 1.54) is 11.3 Å². The first-order chi connectivity index (χ1) is 12.7. The van der Waals surface area contributed by atoms with Crippen molar-refractivity contribution in [1.29, 1.82) is 0 Å². The van der Waals surface area contributed by atoms with Crippen LogP contribution in [0.2, 0.25) is 0 Å². The molecule has 0 aliphatic heterocycles. The van der Waals surface area contributed by atoms with Gasteiger partial charge in [0.15, 0.2) is 4.96 Å². The Labute approximate surface area is 155 Å². The van der Waals surface area contributed by atoms with Crippen LogP contribution < -0.4 is 9.64 Å². The van der Waals surface area contributed by atoms with Crippen molar-refractivity contribution in [2.75, 3.05) is 19.1 Å². The maximum Gasteiger partial charge on any atom is 0.275 e. The van der Waals surface area contributed by atoms with Crippen molar-refractivity contribution in [3.05, 3.63) is 71.9 Å². The number of hydrogen-bond donors (Lipinski definition) is 0. The molecule has 26 heavy (non-hydrogen) atoms. The lowest BCUT2D eigenvalue weighted by atomic mass is 10.1. The molecule has 4 rings (SSSR count). The highest BCUT2D eigenvalue weighted by molar-refractivity contribution is 7.15. The lowest BCUT2D eigenvalue weighted by Crippen LogP contribution is -2.27. The van der Waals surface area contributed by atoms with Gasteiger partial charge in [0.2, 0.25) is 0 Å². The van der Waals surface area contributed by atoms with Gasteiger partial charge in [-0.2, -0.15) is 0 Å². The number of aromatic nitrogens is 2. The average Bonchev–Trinajstić information content (AvgIpc) is 3.28. The lowest BCUT2D eigenvalue weighted by Gasteiger charge is -2.16. The molecule has 2 aromatic carbocycles. The van der Waals surface area contributed by atoms with E-state index in [0.717, 1.165) is 27.7 Å². The van der Waals surface area contributed by atoms with Crippen LogP contribution in [0.1, 0.15) is 10.5 Å². The number of ether oxygens (including phenoxy) is 1. The molecule has 1 amide bonds. The van der Waals surface area contributed by atoms with Crippen molar-refractivity contribution >= 4 is 27.9 Å². The number of anilines is 1. The van der Waals surface area contributed by atoms with E-state index in [4.69, 9.17) is 4.74 Å². The number of fused-ring (bicyclic) bond motifs is 1. The fourth-order valence-corrected chi connectivity index (χ4v) is 3.65. The molecule has 0 spiro atoms. The Morgan fingerprint density at radius 2 is 1.96 bits per heavy atom. The summed E-state index contributed by atoms with van der Waals surface area (Å²) < 4.78 is 7.13. The van der Waals surface area contributed by atoms with Gasteiger partial charge in [-0.25, -0.2) is 4.98 Å². The molecular weight excluding hydrogens is 346 g/mol. The van der Waals surface area contributed by atoms with Crippen LogP contribution in [0.4, 0.5) is 5.69 Å². The maximum absolute atomic E-state index is 12.9. The Balaban J connectivity index is 1.71. The largest absolute Gasteiger partial charge is 0.497 e. The van der Waals surface area contributed by atoms with Crippen molar-refractivity contribution in [3.8, 4) is 17.0 Å². The van der Waals surface area contributed by atoms with Crippen molar-refractivity contribution in [2.45, 2.75) is 0 Å². The Hall–Kier alpha value is -3.12. The molecule has 0 fully saturated rings. The first-order valence-electron chi connectivity index (χ1n) is 8.11. The van der Waals surface area contributed by atoms with Gasteiger partial charge in [-0.3, -0.25) is 9.20 Å².